The third-order valence-electron chi connectivity index (χ3n) is 3.92. The van der Waals surface area contributed by atoms with Crippen molar-refractivity contribution in [1.82, 2.24) is 0 Å². The van der Waals surface area contributed by atoms with E-state index >= 15 is 0 Å². The molecule has 1 aromatic rings. The molecule has 2 aliphatic heterocycles. The third kappa shape index (κ3) is 3.15. The van der Waals surface area contributed by atoms with Gasteiger partial charge in [0.05, 0.1) is 11.2 Å². The van der Waals surface area contributed by atoms with Crippen molar-refractivity contribution in [2.45, 2.75) is 35.0 Å². The average molecular weight is 310 g/mol. The maximum Gasteiger partial charge on any atom is 0.335 e. The largest absolute Gasteiger partial charge is 0.478 e. The molecule has 0 amide bonds. The second-order valence-electron chi connectivity index (χ2n) is 5.40. The van der Waals surface area contributed by atoms with Gasteiger partial charge in [-0.2, -0.15) is 11.8 Å². The Morgan fingerprint density at radius 3 is 2.85 bits per heavy atom. The van der Waals surface area contributed by atoms with Crippen LogP contribution in [0, 0.1) is 0 Å². The zero-order valence-corrected chi connectivity index (χ0v) is 12.8. The first-order valence-electron chi connectivity index (χ1n) is 6.89. The fourth-order valence-corrected chi connectivity index (χ4v) is 5.47. The molecule has 20 heavy (non-hydrogen) atoms. The third-order valence-corrected chi connectivity index (χ3v) is 6.42. The molecule has 1 N–H and O–H groups in total. The molecule has 0 saturated carbocycles. The second kappa shape index (κ2) is 6.00. The van der Waals surface area contributed by atoms with Crippen LogP contribution < -0.4 is 0 Å². The Balaban J connectivity index is 1.63. The number of benzene rings is 1. The second-order valence-corrected chi connectivity index (χ2v) is 7.88. The summed E-state index contributed by atoms with van der Waals surface area (Å²) in [6.07, 6.45) is 3.37. The van der Waals surface area contributed by atoms with E-state index in [4.69, 9.17) is 9.84 Å². The lowest BCUT2D eigenvalue weighted by Crippen LogP contribution is -2.40. The van der Waals surface area contributed by atoms with E-state index in [1.807, 2.05) is 35.7 Å². The normalized spacial score (nSPS) is 29.7. The molecule has 2 aliphatic rings. The first-order chi connectivity index (χ1) is 9.67. The van der Waals surface area contributed by atoms with Crippen LogP contribution in [-0.4, -0.2) is 40.0 Å². The number of carbonyl (C=O) groups is 1. The minimum atomic E-state index is -0.866. The molecule has 0 aliphatic carbocycles. The smallest absolute Gasteiger partial charge is 0.335 e. The Bertz CT molecular complexity index is 480. The van der Waals surface area contributed by atoms with Gasteiger partial charge < -0.3 is 9.84 Å². The van der Waals surface area contributed by atoms with Crippen molar-refractivity contribution in [3.8, 4) is 0 Å². The lowest BCUT2D eigenvalue weighted by molar-refractivity contribution is -0.0562. The number of rotatable bonds is 3. The number of hydrogen-bond acceptors (Lipinski definition) is 4. The number of ether oxygens (including phenoxy) is 1. The lowest BCUT2D eigenvalue weighted by atomic mass is 9.93. The Morgan fingerprint density at radius 1 is 1.40 bits per heavy atom. The summed E-state index contributed by atoms with van der Waals surface area (Å²) >= 11 is 3.86. The number of thioether (sulfide) groups is 2. The Labute approximate surface area is 127 Å². The first kappa shape index (κ1) is 14.3. The van der Waals surface area contributed by atoms with E-state index in [0.29, 0.717) is 10.8 Å². The summed E-state index contributed by atoms with van der Waals surface area (Å²) in [7, 11) is 0. The van der Waals surface area contributed by atoms with Crippen LogP contribution >= 0.6 is 23.5 Å². The fraction of sp³-hybridized carbons (Fsp3) is 0.533. The van der Waals surface area contributed by atoms with Crippen LogP contribution in [0.4, 0.5) is 0 Å². The van der Waals surface area contributed by atoms with Crippen molar-refractivity contribution in [3.05, 3.63) is 29.8 Å². The number of carboxylic acids is 1. The topological polar surface area (TPSA) is 46.5 Å². The summed E-state index contributed by atoms with van der Waals surface area (Å²) in [6.45, 7) is 0.853. The molecule has 2 unspecified atom stereocenters. The van der Waals surface area contributed by atoms with Gasteiger partial charge in [-0.25, -0.2) is 4.79 Å². The lowest BCUT2D eigenvalue weighted by Gasteiger charge is -2.37. The molecule has 108 valence electrons. The van der Waals surface area contributed by atoms with Gasteiger partial charge in [0.25, 0.3) is 0 Å². The summed E-state index contributed by atoms with van der Waals surface area (Å²) < 4.78 is 6.03. The van der Waals surface area contributed by atoms with E-state index in [9.17, 15) is 4.79 Å². The van der Waals surface area contributed by atoms with E-state index in [-0.39, 0.29) is 5.60 Å². The molecule has 0 aromatic heterocycles. The number of carboxylic acid groups (broad SMARTS) is 1. The van der Waals surface area contributed by atoms with E-state index in [0.717, 1.165) is 30.1 Å². The van der Waals surface area contributed by atoms with Crippen LogP contribution in [0.1, 0.15) is 29.6 Å². The minimum absolute atomic E-state index is 0.113. The van der Waals surface area contributed by atoms with E-state index in [2.05, 4.69) is 0 Å². The van der Waals surface area contributed by atoms with Crippen LogP contribution in [0.25, 0.3) is 0 Å². The molecule has 1 aromatic carbocycles. The molecule has 2 heterocycles. The van der Waals surface area contributed by atoms with Crippen molar-refractivity contribution in [3.63, 3.8) is 0 Å². The summed E-state index contributed by atoms with van der Waals surface area (Å²) in [5.74, 6) is 1.47. The van der Waals surface area contributed by atoms with Gasteiger partial charge in [-0.05, 0) is 49.3 Å². The van der Waals surface area contributed by atoms with Crippen LogP contribution in [0.2, 0.25) is 0 Å². The molecule has 1 spiro atoms. The molecule has 0 radical (unpaired) electrons. The summed E-state index contributed by atoms with van der Waals surface area (Å²) in [5.41, 5.74) is 0.465. The Hall–Kier alpha value is -0.650. The minimum Gasteiger partial charge on any atom is -0.478 e. The Morgan fingerprint density at radius 2 is 2.20 bits per heavy atom. The maximum absolute atomic E-state index is 10.8. The SMILES string of the molecule is O=C(O)c1ccc(SC2CCOC3(CCSC3)C2)cc1. The van der Waals surface area contributed by atoms with Gasteiger partial charge in [-0.1, -0.05) is 0 Å². The predicted octanol–water partition coefficient (Wildman–Crippen LogP) is 3.53. The fourth-order valence-electron chi connectivity index (χ4n) is 2.82. The molecular weight excluding hydrogens is 292 g/mol. The zero-order chi connectivity index (χ0) is 14.0. The van der Waals surface area contributed by atoms with Crippen molar-refractivity contribution in [2.75, 3.05) is 18.1 Å². The molecule has 2 fully saturated rings. The van der Waals surface area contributed by atoms with Gasteiger partial charge in [0.2, 0.25) is 0 Å². The molecule has 2 atom stereocenters. The van der Waals surface area contributed by atoms with Crippen molar-refractivity contribution in [1.29, 1.82) is 0 Å². The number of aromatic carboxylic acids is 1. The van der Waals surface area contributed by atoms with E-state index < -0.39 is 5.97 Å². The first-order valence-corrected chi connectivity index (χ1v) is 8.92. The molecule has 2 saturated heterocycles. The van der Waals surface area contributed by atoms with Gasteiger partial charge >= 0.3 is 5.97 Å². The monoisotopic (exact) mass is 310 g/mol. The van der Waals surface area contributed by atoms with Gasteiger partial charge in [-0.15, -0.1) is 11.8 Å². The molecule has 3 rings (SSSR count). The molecule has 3 nitrogen and oxygen atoms in total. The van der Waals surface area contributed by atoms with Crippen LogP contribution in [0.3, 0.4) is 0 Å². The van der Waals surface area contributed by atoms with Gasteiger partial charge in [0.1, 0.15) is 0 Å². The maximum atomic E-state index is 10.8. The van der Waals surface area contributed by atoms with Crippen molar-refractivity contribution in [2.24, 2.45) is 0 Å². The van der Waals surface area contributed by atoms with Gasteiger partial charge in [0.15, 0.2) is 0 Å². The highest BCUT2D eigenvalue weighted by molar-refractivity contribution is 8.00. The van der Waals surface area contributed by atoms with Crippen LogP contribution in [0.15, 0.2) is 29.2 Å². The highest BCUT2D eigenvalue weighted by Gasteiger charge is 2.40. The predicted molar refractivity (Wildman–Crippen MR) is 82.9 cm³/mol. The van der Waals surface area contributed by atoms with Crippen LogP contribution in [-0.2, 0) is 4.74 Å². The van der Waals surface area contributed by atoms with Gasteiger partial charge in [0, 0.05) is 22.5 Å². The molecule has 0 bridgehead atoms. The quantitative estimate of drug-likeness (QED) is 0.925. The van der Waals surface area contributed by atoms with Crippen molar-refractivity contribution < 1.29 is 14.6 Å². The van der Waals surface area contributed by atoms with E-state index in [1.54, 1.807) is 12.1 Å². The standard InChI is InChI=1S/C15H18O3S2/c16-14(17)11-1-3-12(4-2-11)20-13-5-7-18-15(9-13)6-8-19-10-15/h1-4,13H,5-10H2,(H,16,17). The van der Waals surface area contributed by atoms with Crippen molar-refractivity contribution >= 4 is 29.5 Å². The number of hydrogen-bond donors (Lipinski definition) is 1. The highest BCUT2D eigenvalue weighted by atomic mass is 32.2. The molecule has 5 heteroatoms. The zero-order valence-electron chi connectivity index (χ0n) is 11.2. The van der Waals surface area contributed by atoms with Crippen LogP contribution in [0.5, 0.6) is 0 Å². The summed E-state index contributed by atoms with van der Waals surface area (Å²) in [5, 5.41) is 9.49. The van der Waals surface area contributed by atoms with Gasteiger partial charge in [-0.3, -0.25) is 0 Å². The Kier molecular flexibility index (Phi) is 4.29. The summed E-state index contributed by atoms with van der Waals surface area (Å²) in [6, 6.07) is 7.20. The molecular formula is C15H18O3S2. The van der Waals surface area contributed by atoms with E-state index in [1.165, 1.54) is 12.2 Å². The highest BCUT2D eigenvalue weighted by Crippen LogP contribution is 2.43. The average Bonchev–Trinajstić information content (AvgIpc) is 2.87. The summed E-state index contributed by atoms with van der Waals surface area (Å²) in [4.78, 5) is 12.0.